The molecule has 96 valence electrons. The number of carboxylic acids is 1. The second-order valence-electron chi connectivity index (χ2n) is 3.97. The van der Waals surface area contributed by atoms with E-state index in [1.165, 1.54) is 22.9 Å². The second kappa shape index (κ2) is 4.90. The number of aromatic carboxylic acids is 1. The Hall–Kier alpha value is -2.68. The minimum absolute atomic E-state index is 0.0146. The zero-order valence-corrected chi connectivity index (χ0v) is 10.1. The summed E-state index contributed by atoms with van der Waals surface area (Å²) in [6, 6.07) is 6.20. The number of carbonyl (C=O) groups is 1. The lowest BCUT2D eigenvalue weighted by Crippen LogP contribution is -2.12. The summed E-state index contributed by atoms with van der Waals surface area (Å²) in [6.45, 7) is 1.66. The summed E-state index contributed by atoms with van der Waals surface area (Å²) in [7, 11) is 0. The highest BCUT2D eigenvalue weighted by Gasteiger charge is 2.15. The van der Waals surface area contributed by atoms with Gasteiger partial charge in [0.1, 0.15) is 23.4 Å². The van der Waals surface area contributed by atoms with E-state index in [1.807, 2.05) is 0 Å². The number of nitrogens with zero attached hydrogens (tertiary/aromatic N) is 3. The van der Waals surface area contributed by atoms with Crippen molar-refractivity contribution in [2.45, 2.75) is 13.5 Å². The van der Waals surface area contributed by atoms with E-state index in [0.29, 0.717) is 5.82 Å². The second-order valence-corrected chi connectivity index (χ2v) is 3.97. The van der Waals surface area contributed by atoms with Gasteiger partial charge in [0, 0.05) is 5.56 Å². The average Bonchev–Trinajstić information content (AvgIpc) is 2.74. The van der Waals surface area contributed by atoms with Gasteiger partial charge in [-0.3, -0.25) is 0 Å². The van der Waals surface area contributed by atoms with E-state index in [0.717, 1.165) is 0 Å². The Morgan fingerprint density at radius 3 is 2.95 bits per heavy atom. The molecule has 0 aliphatic rings. The topological polar surface area (TPSA) is 78.9 Å². The molecule has 1 heterocycles. The van der Waals surface area contributed by atoms with Crippen LogP contribution in [0.1, 0.15) is 27.4 Å². The largest absolute Gasteiger partial charge is 0.477 e. The standard InChI is InChI=1S/C13H10FN3O2/c1-8-16-6-11(13(18)19)17(8)7-10-4-2-3-9(5-15)12(10)14/h2-4,6H,7H2,1H3,(H,18,19). The molecular formula is C13H10FN3O2. The third kappa shape index (κ3) is 2.31. The van der Waals surface area contributed by atoms with Crippen molar-refractivity contribution in [1.82, 2.24) is 9.55 Å². The third-order valence-electron chi connectivity index (χ3n) is 2.80. The Balaban J connectivity index is 2.45. The molecule has 19 heavy (non-hydrogen) atoms. The van der Waals surface area contributed by atoms with Crippen LogP contribution in [0.3, 0.4) is 0 Å². The number of halogens is 1. The lowest BCUT2D eigenvalue weighted by atomic mass is 10.1. The molecular weight excluding hydrogens is 249 g/mol. The van der Waals surface area contributed by atoms with Crippen molar-refractivity contribution in [2.24, 2.45) is 0 Å². The average molecular weight is 259 g/mol. The smallest absolute Gasteiger partial charge is 0.354 e. The maximum absolute atomic E-state index is 13.9. The molecule has 0 bridgehead atoms. The van der Waals surface area contributed by atoms with Gasteiger partial charge in [-0.15, -0.1) is 0 Å². The predicted molar refractivity (Wildman–Crippen MR) is 64.1 cm³/mol. The molecule has 2 aromatic rings. The number of aryl methyl sites for hydroxylation is 1. The molecule has 0 atom stereocenters. The van der Waals surface area contributed by atoms with Gasteiger partial charge in [0.2, 0.25) is 0 Å². The van der Waals surface area contributed by atoms with Crippen LogP contribution in [0.5, 0.6) is 0 Å². The molecule has 0 aliphatic heterocycles. The monoisotopic (exact) mass is 259 g/mol. The molecule has 1 aromatic heterocycles. The fraction of sp³-hybridized carbons (Fsp3) is 0.154. The minimum atomic E-state index is -1.13. The summed E-state index contributed by atoms with van der Waals surface area (Å²) in [4.78, 5) is 14.9. The first-order valence-corrected chi connectivity index (χ1v) is 5.47. The molecule has 0 aliphatic carbocycles. The summed E-state index contributed by atoms with van der Waals surface area (Å²) >= 11 is 0. The van der Waals surface area contributed by atoms with Gasteiger partial charge in [-0.05, 0) is 13.0 Å². The molecule has 5 nitrogen and oxygen atoms in total. The maximum Gasteiger partial charge on any atom is 0.354 e. The zero-order valence-electron chi connectivity index (χ0n) is 10.1. The van der Waals surface area contributed by atoms with Crippen LogP contribution in [0.15, 0.2) is 24.4 Å². The van der Waals surface area contributed by atoms with E-state index in [2.05, 4.69) is 4.98 Å². The summed E-state index contributed by atoms with van der Waals surface area (Å²) < 4.78 is 15.3. The van der Waals surface area contributed by atoms with Crippen LogP contribution in [0.4, 0.5) is 4.39 Å². The van der Waals surface area contributed by atoms with E-state index >= 15 is 0 Å². The highest BCUT2D eigenvalue weighted by molar-refractivity contribution is 5.85. The molecule has 6 heteroatoms. The number of imidazole rings is 1. The zero-order chi connectivity index (χ0) is 14.0. The highest BCUT2D eigenvalue weighted by Crippen LogP contribution is 2.16. The number of carboxylic acid groups (broad SMARTS) is 1. The molecule has 0 unspecified atom stereocenters. The first-order chi connectivity index (χ1) is 9.04. The summed E-state index contributed by atoms with van der Waals surface area (Å²) in [5.74, 6) is -1.29. The van der Waals surface area contributed by atoms with Crippen molar-refractivity contribution in [3.05, 3.63) is 52.9 Å². The number of benzene rings is 1. The molecule has 0 fully saturated rings. The fourth-order valence-corrected chi connectivity index (χ4v) is 1.80. The van der Waals surface area contributed by atoms with Gasteiger partial charge in [0.15, 0.2) is 0 Å². The number of hydrogen-bond acceptors (Lipinski definition) is 3. The van der Waals surface area contributed by atoms with Crippen molar-refractivity contribution >= 4 is 5.97 Å². The van der Waals surface area contributed by atoms with Crippen LogP contribution in [-0.4, -0.2) is 20.6 Å². The van der Waals surface area contributed by atoms with Crippen LogP contribution >= 0.6 is 0 Å². The summed E-state index contributed by atoms with van der Waals surface area (Å²) in [5.41, 5.74) is 0.175. The molecule has 1 N–H and O–H groups in total. The number of rotatable bonds is 3. The van der Waals surface area contributed by atoms with Crippen LogP contribution in [0.2, 0.25) is 0 Å². The molecule has 0 radical (unpaired) electrons. The molecule has 1 aromatic carbocycles. The molecule has 0 amide bonds. The van der Waals surface area contributed by atoms with Crippen molar-refractivity contribution in [1.29, 1.82) is 5.26 Å². The molecule has 2 rings (SSSR count). The SMILES string of the molecule is Cc1ncc(C(=O)O)n1Cc1cccc(C#N)c1F. The van der Waals surface area contributed by atoms with Gasteiger partial charge >= 0.3 is 5.97 Å². The van der Waals surface area contributed by atoms with Crippen LogP contribution < -0.4 is 0 Å². The lowest BCUT2D eigenvalue weighted by molar-refractivity contribution is 0.0685. The molecule has 0 spiro atoms. The Labute approximate surface area is 108 Å². The molecule has 0 saturated carbocycles. The summed E-state index contributed by atoms with van der Waals surface area (Å²) in [6.07, 6.45) is 1.23. The first-order valence-electron chi connectivity index (χ1n) is 5.47. The molecule has 0 saturated heterocycles. The maximum atomic E-state index is 13.9. The van der Waals surface area contributed by atoms with Gasteiger partial charge in [0.05, 0.1) is 18.3 Å². The Kier molecular flexibility index (Phi) is 3.29. The van der Waals surface area contributed by atoms with Crippen LogP contribution in [-0.2, 0) is 6.54 Å². The first kappa shape index (κ1) is 12.8. The van der Waals surface area contributed by atoms with Gasteiger partial charge in [0.25, 0.3) is 0 Å². The van der Waals surface area contributed by atoms with Gasteiger partial charge < -0.3 is 9.67 Å². The van der Waals surface area contributed by atoms with E-state index in [4.69, 9.17) is 10.4 Å². The van der Waals surface area contributed by atoms with Crippen molar-refractivity contribution in [2.75, 3.05) is 0 Å². The van der Waals surface area contributed by atoms with Crippen LogP contribution in [0.25, 0.3) is 0 Å². The number of hydrogen-bond donors (Lipinski definition) is 1. The highest BCUT2D eigenvalue weighted by atomic mass is 19.1. The fourth-order valence-electron chi connectivity index (χ4n) is 1.80. The van der Waals surface area contributed by atoms with Crippen molar-refractivity contribution < 1.29 is 14.3 Å². The van der Waals surface area contributed by atoms with Gasteiger partial charge in [-0.25, -0.2) is 14.2 Å². The number of nitriles is 1. The predicted octanol–water partition coefficient (Wildman–Crippen LogP) is 1.95. The third-order valence-corrected chi connectivity index (χ3v) is 2.80. The Bertz CT molecular complexity index is 686. The Morgan fingerprint density at radius 1 is 1.58 bits per heavy atom. The van der Waals surface area contributed by atoms with E-state index in [1.54, 1.807) is 19.1 Å². The van der Waals surface area contributed by atoms with Gasteiger partial charge in [-0.2, -0.15) is 5.26 Å². The lowest BCUT2D eigenvalue weighted by Gasteiger charge is -2.09. The van der Waals surface area contributed by atoms with Crippen LogP contribution in [0, 0.1) is 24.1 Å². The summed E-state index contributed by atoms with van der Waals surface area (Å²) in [5, 5.41) is 17.8. The van der Waals surface area contributed by atoms with Gasteiger partial charge in [-0.1, -0.05) is 12.1 Å². The van der Waals surface area contributed by atoms with E-state index in [9.17, 15) is 9.18 Å². The van der Waals surface area contributed by atoms with E-state index in [-0.39, 0.29) is 23.4 Å². The number of aromatic nitrogens is 2. The quantitative estimate of drug-likeness (QED) is 0.913. The minimum Gasteiger partial charge on any atom is -0.477 e. The Morgan fingerprint density at radius 2 is 2.32 bits per heavy atom. The van der Waals surface area contributed by atoms with E-state index < -0.39 is 11.8 Å². The van der Waals surface area contributed by atoms with Crippen molar-refractivity contribution in [3.63, 3.8) is 0 Å². The van der Waals surface area contributed by atoms with Crippen molar-refractivity contribution in [3.8, 4) is 6.07 Å². The normalized spacial score (nSPS) is 10.2.